The summed E-state index contributed by atoms with van der Waals surface area (Å²) in [5.41, 5.74) is 1.95. The molecule has 7 atom stereocenters. The summed E-state index contributed by atoms with van der Waals surface area (Å²) in [5.74, 6) is 1.79. The van der Waals surface area contributed by atoms with Gasteiger partial charge in [0.15, 0.2) is 11.5 Å². The van der Waals surface area contributed by atoms with Crippen molar-refractivity contribution in [1.29, 1.82) is 0 Å². The normalized spacial score (nSPS) is 41.3. The molecule has 2 amide bonds. The van der Waals surface area contributed by atoms with Gasteiger partial charge in [-0.25, -0.2) is 0 Å². The fourth-order valence-electron chi connectivity index (χ4n) is 10.5. The van der Waals surface area contributed by atoms with Crippen LogP contribution in [0.3, 0.4) is 0 Å². The summed E-state index contributed by atoms with van der Waals surface area (Å²) in [6.45, 7) is 4.99. The smallest absolute Gasteiger partial charge is 0.242 e. The zero-order valence-corrected chi connectivity index (χ0v) is 23.2. The number of nitrogens with one attached hydrogen (secondary N) is 1. The molecule has 8 nitrogen and oxygen atoms in total. The highest BCUT2D eigenvalue weighted by molar-refractivity contribution is 5.87. The predicted molar refractivity (Wildman–Crippen MR) is 144 cm³/mol. The van der Waals surface area contributed by atoms with Gasteiger partial charge in [0.2, 0.25) is 11.8 Å². The van der Waals surface area contributed by atoms with E-state index in [-0.39, 0.29) is 46.5 Å². The number of carbonyl (C=O) groups is 2. The largest absolute Gasteiger partial charge is 0.504 e. The molecule has 1 aromatic rings. The van der Waals surface area contributed by atoms with Gasteiger partial charge in [0, 0.05) is 62.0 Å². The van der Waals surface area contributed by atoms with Crippen LogP contribution in [-0.2, 0) is 26.2 Å². The first-order valence-electron chi connectivity index (χ1n) is 15.2. The maximum atomic E-state index is 13.4. The van der Waals surface area contributed by atoms with E-state index in [4.69, 9.17) is 9.47 Å². The first kappa shape index (κ1) is 24.5. The number of carbonyl (C=O) groups excluding carboxylic acids is 2. The first-order valence-corrected chi connectivity index (χ1v) is 15.2. The van der Waals surface area contributed by atoms with Crippen LogP contribution in [0.25, 0.3) is 0 Å². The van der Waals surface area contributed by atoms with Crippen LogP contribution in [0.2, 0.25) is 0 Å². The zero-order valence-electron chi connectivity index (χ0n) is 23.2. The molecule has 4 saturated carbocycles. The second kappa shape index (κ2) is 8.12. The van der Waals surface area contributed by atoms with Crippen LogP contribution in [0.1, 0.15) is 69.4 Å². The number of likely N-dealkylation sites (tertiary alicyclic amines) is 2. The van der Waals surface area contributed by atoms with Crippen molar-refractivity contribution in [2.75, 3.05) is 33.3 Å². The Morgan fingerprint density at radius 2 is 2.03 bits per heavy atom. The van der Waals surface area contributed by atoms with Gasteiger partial charge in [-0.15, -0.1) is 0 Å². The van der Waals surface area contributed by atoms with Crippen LogP contribution in [0.15, 0.2) is 12.1 Å². The topological polar surface area (TPSA) is 91.3 Å². The molecule has 6 fully saturated rings. The number of methoxy groups -OCH3 is 1. The number of hydrogen-bond acceptors (Lipinski definition) is 6. The van der Waals surface area contributed by atoms with Gasteiger partial charge in [0.25, 0.3) is 0 Å². The second-order valence-electron chi connectivity index (χ2n) is 13.7. The van der Waals surface area contributed by atoms with E-state index in [0.717, 1.165) is 57.4 Å². The lowest BCUT2D eigenvalue weighted by Crippen LogP contribution is -2.81. The van der Waals surface area contributed by atoms with E-state index in [1.165, 1.54) is 30.5 Å². The number of nitrogens with zero attached hydrogens (tertiary/aromatic N) is 2. The average Bonchev–Trinajstić information content (AvgIpc) is 3.46. The number of phenols is 1. The van der Waals surface area contributed by atoms with Gasteiger partial charge in [-0.2, -0.15) is 0 Å². The molecule has 210 valence electrons. The third-order valence-electron chi connectivity index (χ3n) is 12.3. The lowest BCUT2D eigenvalue weighted by molar-refractivity contribution is -0.276. The van der Waals surface area contributed by atoms with Crippen molar-refractivity contribution >= 4 is 11.8 Å². The minimum absolute atomic E-state index is 0.0305. The van der Waals surface area contributed by atoms with Crippen LogP contribution in [0.4, 0.5) is 0 Å². The van der Waals surface area contributed by atoms with Gasteiger partial charge in [-0.05, 0) is 81.9 Å². The van der Waals surface area contributed by atoms with Crippen LogP contribution < -0.4 is 10.1 Å². The summed E-state index contributed by atoms with van der Waals surface area (Å²) in [6, 6.07) is 4.03. The molecule has 5 aliphatic carbocycles. The van der Waals surface area contributed by atoms with Gasteiger partial charge in [0.1, 0.15) is 17.7 Å². The fraction of sp³-hybridized carbons (Fsp3) is 0.742. The summed E-state index contributed by atoms with van der Waals surface area (Å²) in [6.07, 6.45) is 9.13. The number of phenolic OH excluding ortho intramolecular Hbond substituents is 1. The molecular weight excluding hydrogens is 494 g/mol. The Hall–Kier alpha value is -2.32. The van der Waals surface area contributed by atoms with E-state index in [1.54, 1.807) is 11.8 Å². The molecule has 2 saturated heterocycles. The molecule has 8 aliphatic rings. The predicted octanol–water partition coefficient (Wildman–Crippen LogP) is 2.74. The van der Waals surface area contributed by atoms with E-state index in [1.807, 2.05) is 13.2 Å². The van der Waals surface area contributed by atoms with E-state index < -0.39 is 5.60 Å². The summed E-state index contributed by atoms with van der Waals surface area (Å²) >= 11 is 0. The number of aromatic hydroxyl groups is 1. The molecule has 8 heteroatoms. The van der Waals surface area contributed by atoms with E-state index in [9.17, 15) is 14.7 Å². The van der Waals surface area contributed by atoms with Crippen molar-refractivity contribution < 1.29 is 24.2 Å². The Bertz CT molecular complexity index is 1250. The van der Waals surface area contributed by atoms with Gasteiger partial charge < -0.3 is 24.8 Å². The van der Waals surface area contributed by atoms with E-state index in [0.29, 0.717) is 24.9 Å². The summed E-state index contributed by atoms with van der Waals surface area (Å²) < 4.78 is 13.4. The van der Waals surface area contributed by atoms with Gasteiger partial charge in [-0.1, -0.05) is 6.07 Å². The lowest BCUT2D eigenvalue weighted by Gasteiger charge is -2.74. The average molecular weight is 536 g/mol. The number of amides is 2. The van der Waals surface area contributed by atoms with Crippen LogP contribution in [0.5, 0.6) is 11.5 Å². The molecule has 2 spiro atoms. The minimum atomic E-state index is -0.533. The summed E-state index contributed by atoms with van der Waals surface area (Å²) in [7, 11) is 1.81. The zero-order chi connectivity index (χ0) is 26.7. The molecule has 9 rings (SSSR count). The monoisotopic (exact) mass is 535 g/mol. The first-order chi connectivity index (χ1) is 18.8. The fourth-order valence-corrected chi connectivity index (χ4v) is 10.5. The highest BCUT2D eigenvalue weighted by Crippen LogP contribution is 2.76. The Morgan fingerprint density at radius 3 is 2.79 bits per heavy atom. The van der Waals surface area contributed by atoms with Crippen molar-refractivity contribution in [1.82, 2.24) is 15.1 Å². The molecule has 0 radical (unpaired) electrons. The van der Waals surface area contributed by atoms with Gasteiger partial charge >= 0.3 is 0 Å². The van der Waals surface area contributed by atoms with Gasteiger partial charge in [-0.3, -0.25) is 14.5 Å². The summed E-state index contributed by atoms with van der Waals surface area (Å²) in [4.78, 5) is 30.0. The molecule has 2 unspecified atom stereocenters. The molecule has 39 heavy (non-hydrogen) atoms. The van der Waals surface area contributed by atoms with Crippen molar-refractivity contribution in [3.05, 3.63) is 23.3 Å². The summed E-state index contributed by atoms with van der Waals surface area (Å²) in [5, 5.41) is 14.3. The number of rotatable bonds is 6. The van der Waals surface area contributed by atoms with Crippen molar-refractivity contribution in [3.63, 3.8) is 0 Å². The van der Waals surface area contributed by atoms with Crippen LogP contribution >= 0.6 is 0 Å². The van der Waals surface area contributed by atoms with Crippen molar-refractivity contribution in [2.45, 2.75) is 93.9 Å². The molecule has 2 N–H and O–H groups in total. The minimum Gasteiger partial charge on any atom is -0.504 e. The van der Waals surface area contributed by atoms with E-state index in [2.05, 4.69) is 16.3 Å². The Labute approximate surface area is 230 Å². The van der Waals surface area contributed by atoms with Crippen LogP contribution in [0, 0.1) is 17.3 Å². The highest BCUT2D eigenvalue weighted by Gasteiger charge is 2.80. The van der Waals surface area contributed by atoms with E-state index >= 15 is 0 Å². The lowest BCUT2D eigenvalue weighted by atomic mass is 9.35. The molecular formula is C31H41N3O5. The number of fused-ring (bicyclic) bond motifs is 2. The SMILES string of the molecule is COC12CC[C@@]3(C[C@@H]1CNC(=O)[C@@H]1CCCN1C(C)=O)[C@H]1Cc4ccc(O)c5c4[C@@]3(CCN1CC1CC1)C2O5. The Balaban J connectivity index is 1.18. The number of hydrogen-bond donors (Lipinski definition) is 2. The second-order valence-corrected chi connectivity index (χ2v) is 13.7. The molecule has 4 bridgehead atoms. The Kier molecular flexibility index (Phi) is 5.10. The molecule has 3 aliphatic heterocycles. The third-order valence-corrected chi connectivity index (χ3v) is 12.3. The standard InChI is InChI=1S/C31H41N3O5/c1-18(35)34-12-3-4-22(34)27(37)32-16-21-15-29-9-10-31(21,38-2)28-30(29)11-13-33(17-19-5-6-19)24(29)14-20-7-8-23(36)26(39-28)25(20)30/h7-8,19,21-22,24,28,36H,3-6,9-17H2,1-2H3,(H,32,37)/t21-,22+,24-,28?,29-,30+,31?/m1/s1. The maximum Gasteiger partial charge on any atom is 0.242 e. The quantitative estimate of drug-likeness (QED) is 0.582. The number of benzene rings is 1. The number of ether oxygens (including phenoxy) is 2. The van der Waals surface area contributed by atoms with Gasteiger partial charge in [0.05, 0.1) is 0 Å². The van der Waals surface area contributed by atoms with Crippen molar-refractivity contribution in [2.24, 2.45) is 17.3 Å². The van der Waals surface area contributed by atoms with Crippen LogP contribution in [-0.4, -0.2) is 83.8 Å². The third kappa shape index (κ3) is 2.97. The molecule has 3 heterocycles. The van der Waals surface area contributed by atoms with Crippen molar-refractivity contribution in [3.8, 4) is 11.5 Å². The number of piperidine rings is 1. The maximum absolute atomic E-state index is 13.4. The highest BCUT2D eigenvalue weighted by atomic mass is 16.6. The molecule has 0 aromatic heterocycles. The Morgan fingerprint density at radius 1 is 1.18 bits per heavy atom. The molecule has 1 aromatic carbocycles.